The molecule has 0 spiro atoms. The van der Waals surface area contributed by atoms with Crippen LogP contribution in [0.5, 0.6) is 0 Å². The Labute approximate surface area is 242 Å². The molecule has 5 rings (SSSR count). The highest BCUT2D eigenvalue weighted by Gasteiger charge is 2.25. The van der Waals surface area contributed by atoms with E-state index >= 15 is 8.78 Å². The fourth-order valence-electron chi connectivity index (χ4n) is 4.37. The van der Waals surface area contributed by atoms with Crippen LogP contribution < -0.4 is 15.6 Å². The number of rotatable bonds is 13. The standard InChI is InChI=1S/C29H32F2N6O4S/c1-3-36(2)42(39,40)35-24-12-11-23(30)25(26(24)31)22-15-21-17-33-29(32-16-19-9-10-19)34-27(21)37(28(22)38)13-14-41-18-20-7-5-4-6-8-20/h4-8,11-12,15,17,19,35H,3,9-10,13-14,16,18H2,1-2H3,(H,32,33,34). The van der Waals surface area contributed by atoms with E-state index in [1.54, 1.807) is 6.92 Å². The van der Waals surface area contributed by atoms with Gasteiger partial charge >= 0.3 is 10.2 Å². The van der Waals surface area contributed by atoms with Gasteiger partial charge in [-0.05, 0) is 42.5 Å². The van der Waals surface area contributed by atoms with Crippen molar-refractivity contribution in [1.82, 2.24) is 18.8 Å². The number of halogens is 2. The Hall–Kier alpha value is -3.94. The molecule has 0 radical (unpaired) electrons. The molecule has 1 saturated carbocycles. The molecule has 1 aliphatic rings. The van der Waals surface area contributed by atoms with E-state index in [0.717, 1.165) is 34.8 Å². The van der Waals surface area contributed by atoms with Crippen LogP contribution in [0.15, 0.2) is 59.5 Å². The van der Waals surface area contributed by atoms with Gasteiger partial charge < -0.3 is 10.1 Å². The molecule has 0 bridgehead atoms. The zero-order valence-corrected chi connectivity index (χ0v) is 24.1. The Morgan fingerprint density at radius 1 is 1.14 bits per heavy atom. The summed E-state index contributed by atoms with van der Waals surface area (Å²) < 4.78 is 66.3. The highest BCUT2D eigenvalue weighted by atomic mass is 32.2. The molecule has 1 fully saturated rings. The molecule has 2 aromatic heterocycles. The second-order valence-corrected chi connectivity index (χ2v) is 11.9. The Balaban J connectivity index is 1.54. The van der Waals surface area contributed by atoms with Gasteiger partial charge in [0.2, 0.25) is 5.95 Å². The summed E-state index contributed by atoms with van der Waals surface area (Å²) in [5.41, 5.74) is -0.915. The van der Waals surface area contributed by atoms with Crippen LogP contribution in [0, 0.1) is 17.6 Å². The van der Waals surface area contributed by atoms with E-state index in [9.17, 15) is 13.2 Å². The van der Waals surface area contributed by atoms with E-state index in [1.807, 2.05) is 30.3 Å². The van der Waals surface area contributed by atoms with Crippen LogP contribution in [-0.2, 0) is 28.1 Å². The Kier molecular flexibility index (Phi) is 8.80. The molecule has 0 saturated heterocycles. The van der Waals surface area contributed by atoms with E-state index in [0.29, 0.717) is 30.4 Å². The second-order valence-electron chi connectivity index (χ2n) is 10.2. The van der Waals surface area contributed by atoms with Crippen molar-refractivity contribution in [3.63, 3.8) is 0 Å². The third-order valence-corrected chi connectivity index (χ3v) is 8.66. The summed E-state index contributed by atoms with van der Waals surface area (Å²) in [6.07, 6.45) is 3.75. The normalized spacial score (nSPS) is 13.5. The summed E-state index contributed by atoms with van der Waals surface area (Å²) >= 11 is 0. The first-order valence-electron chi connectivity index (χ1n) is 13.7. The van der Waals surface area contributed by atoms with Crippen LogP contribution in [-0.4, -0.2) is 54.0 Å². The van der Waals surface area contributed by atoms with Crippen LogP contribution in [0.2, 0.25) is 0 Å². The van der Waals surface area contributed by atoms with Gasteiger partial charge in [-0.3, -0.25) is 14.1 Å². The van der Waals surface area contributed by atoms with E-state index in [4.69, 9.17) is 4.74 Å². The Bertz CT molecular complexity index is 1750. The fourth-order valence-corrected chi connectivity index (χ4v) is 5.30. The molecule has 0 unspecified atom stereocenters. The van der Waals surface area contributed by atoms with Crippen molar-refractivity contribution in [2.24, 2.45) is 5.92 Å². The number of pyridine rings is 1. The number of ether oxygens (including phenoxy) is 1. The average Bonchev–Trinajstić information content (AvgIpc) is 3.82. The van der Waals surface area contributed by atoms with Gasteiger partial charge in [0.1, 0.15) is 11.5 Å². The minimum atomic E-state index is -4.11. The lowest BCUT2D eigenvalue weighted by atomic mass is 10.0. The summed E-state index contributed by atoms with van der Waals surface area (Å²) in [4.78, 5) is 22.7. The first-order valence-corrected chi connectivity index (χ1v) is 15.1. The maximum Gasteiger partial charge on any atom is 0.301 e. The number of aromatic nitrogens is 3. The molecule has 2 N–H and O–H groups in total. The van der Waals surface area contributed by atoms with Gasteiger partial charge in [0, 0.05) is 31.7 Å². The lowest BCUT2D eigenvalue weighted by Gasteiger charge is -2.18. The molecule has 2 heterocycles. The maximum atomic E-state index is 15.8. The molecular weight excluding hydrogens is 566 g/mol. The van der Waals surface area contributed by atoms with Crippen molar-refractivity contribution in [1.29, 1.82) is 0 Å². The van der Waals surface area contributed by atoms with E-state index in [-0.39, 0.29) is 30.9 Å². The highest BCUT2D eigenvalue weighted by molar-refractivity contribution is 7.90. The van der Waals surface area contributed by atoms with Gasteiger partial charge in [-0.2, -0.15) is 17.7 Å². The van der Waals surface area contributed by atoms with Gasteiger partial charge in [0.25, 0.3) is 5.56 Å². The van der Waals surface area contributed by atoms with Gasteiger partial charge in [-0.15, -0.1) is 0 Å². The van der Waals surface area contributed by atoms with Crippen molar-refractivity contribution in [3.8, 4) is 11.1 Å². The Morgan fingerprint density at radius 2 is 1.90 bits per heavy atom. The number of nitrogens with zero attached hydrogens (tertiary/aromatic N) is 4. The van der Waals surface area contributed by atoms with Gasteiger partial charge in [0.15, 0.2) is 5.82 Å². The topological polar surface area (TPSA) is 118 Å². The largest absolute Gasteiger partial charge is 0.375 e. The lowest BCUT2D eigenvalue weighted by molar-refractivity contribution is 0.113. The van der Waals surface area contributed by atoms with E-state index < -0.39 is 38.7 Å². The van der Waals surface area contributed by atoms with Crippen LogP contribution >= 0.6 is 0 Å². The van der Waals surface area contributed by atoms with Crippen LogP contribution in [0.25, 0.3) is 22.2 Å². The van der Waals surface area contributed by atoms with Gasteiger partial charge in [-0.25, -0.2) is 13.8 Å². The monoisotopic (exact) mass is 598 g/mol. The fraction of sp³-hybridized carbons (Fsp3) is 0.345. The predicted molar refractivity (Wildman–Crippen MR) is 157 cm³/mol. The molecule has 2 aromatic carbocycles. The molecule has 0 atom stereocenters. The minimum Gasteiger partial charge on any atom is -0.375 e. The number of hydrogen-bond acceptors (Lipinski definition) is 7. The predicted octanol–water partition coefficient (Wildman–Crippen LogP) is 4.38. The first-order chi connectivity index (χ1) is 20.2. The zero-order valence-electron chi connectivity index (χ0n) is 23.3. The van der Waals surface area contributed by atoms with Crippen LogP contribution in [0.4, 0.5) is 20.4 Å². The summed E-state index contributed by atoms with van der Waals surface area (Å²) in [6.45, 7) is 2.93. The smallest absolute Gasteiger partial charge is 0.301 e. The molecule has 0 aliphatic heterocycles. The van der Waals surface area contributed by atoms with Crippen molar-refractivity contribution in [2.75, 3.05) is 36.8 Å². The number of benzene rings is 2. The quantitative estimate of drug-likeness (QED) is 0.219. The first kappa shape index (κ1) is 29.5. The molecule has 42 heavy (non-hydrogen) atoms. The highest BCUT2D eigenvalue weighted by Crippen LogP contribution is 2.32. The summed E-state index contributed by atoms with van der Waals surface area (Å²) in [5, 5.41) is 3.56. The summed E-state index contributed by atoms with van der Waals surface area (Å²) in [5.74, 6) is -1.33. The maximum absolute atomic E-state index is 15.8. The number of anilines is 2. The zero-order chi connectivity index (χ0) is 29.9. The van der Waals surface area contributed by atoms with E-state index in [2.05, 4.69) is 20.0 Å². The number of fused-ring (bicyclic) bond motifs is 1. The SMILES string of the molecule is CCN(C)S(=O)(=O)Nc1ccc(F)c(-c2cc3cnc(NCC4CC4)nc3n(CCOCc3ccccc3)c2=O)c1F. The summed E-state index contributed by atoms with van der Waals surface area (Å²) in [6, 6.07) is 12.7. The Morgan fingerprint density at radius 3 is 2.62 bits per heavy atom. The molecule has 4 aromatic rings. The van der Waals surface area contributed by atoms with Crippen molar-refractivity contribution in [2.45, 2.75) is 32.9 Å². The van der Waals surface area contributed by atoms with Crippen LogP contribution in [0.3, 0.4) is 0 Å². The molecule has 10 nitrogen and oxygen atoms in total. The third kappa shape index (κ3) is 6.58. The molecule has 222 valence electrons. The summed E-state index contributed by atoms with van der Waals surface area (Å²) in [7, 11) is -2.79. The number of nitrogens with one attached hydrogen (secondary N) is 2. The molecule has 0 amide bonds. The van der Waals surface area contributed by atoms with Gasteiger partial charge in [-0.1, -0.05) is 37.3 Å². The van der Waals surface area contributed by atoms with Gasteiger partial charge in [0.05, 0.1) is 36.6 Å². The van der Waals surface area contributed by atoms with Crippen molar-refractivity contribution in [3.05, 3.63) is 82.3 Å². The average molecular weight is 599 g/mol. The molecule has 13 heteroatoms. The second kappa shape index (κ2) is 12.5. The molecular formula is C29H32F2N6O4S. The van der Waals surface area contributed by atoms with E-state index in [1.165, 1.54) is 23.9 Å². The lowest BCUT2D eigenvalue weighted by Crippen LogP contribution is -2.32. The van der Waals surface area contributed by atoms with Crippen molar-refractivity contribution < 1.29 is 21.9 Å². The third-order valence-electron chi connectivity index (χ3n) is 7.10. The number of hydrogen-bond donors (Lipinski definition) is 2. The minimum absolute atomic E-state index is 0.0476. The van der Waals surface area contributed by atoms with Crippen LogP contribution in [0.1, 0.15) is 25.3 Å². The molecule has 1 aliphatic carbocycles. The van der Waals surface area contributed by atoms with Crippen molar-refractivity contribution >= 4 is 32.9 Å².